The molecule has 2 fully saturated rings. The molecule has 0 aromatic rings. The molecule has 2 aliphatic rings. The monoisotopic (exact) mass is 1910 g/mol. The smallest absolute Gasteiger partial charge is 0.394 e. The summed E-state index contributed by atoms with van der Waals surface area (Å²) in [6.07, 6.45) is 70.2. The number of phosphoric ester groups is 2. The highest BCUT2D eigenvalue weighted by molar-refractivity contribution is 7.61. The van der Waals surface area contributed by atoms with Crippen molar-refractivity contribution in [2.75, 3.05) is 19.8 Å². The molecular formula is C114H188FNO16P2. The fourth-order valence-corrected chi connectivity index (χ4v) is 18.3. The molecule has 8 N–H and O–H groups in total. The first kappa shape index (κ1) is 124. The molecule has 13 atom stereocenters. The summed E-state index contributed by atoms with van der Waals surface area (Å²) in [5, 5.41) is 53.8. The number of allylic oxidation sites excluding steroid dienone is 38. The number of carbonyl (C=O) groups is 1. The molecular weight excluding hydrogens is 1720 g/mol. The number of hydrogen-bond acceptors (Lipinski definition) is 14. The van der Waals surface area contributed by atoms with E-state index in [4.69, 9.17) is 23.3 Å². The summed E-state index contributed by atoms with van der Waals surface area (Å²) in [6.45, 7) is 46.2. The van der Waals surface area contributed by atoms with E-state index < -0.39 is 96.2 Å². The van der Waals surface area contributed by atoms with E-state index in [1.165, 1.54) is 125 Å². The van der Waals surface area contributed by atoms with E-state index in [0.29, 0.717) is 6.42 Å². The lowest BCUT2D eigenvalue weighted by Gasteiger charge is -2.46. The molecule has 762 valence electrons. The van der Waals surface area contributed by atoms with Gasteiger partial charge in [0, 0.05) is 6.92 Å². The third kappa shape index (κ3) is 62.5. The molecule has 134 heavy (non-hydrogen) atoms. The van der Waals surface area contributed by atoms with E-state index in [1.54, 1.807) is 0 Å². The van der Waals surface area contributed by atoms with Crippen molar-refractivity contribution in [3.63, 3.8) is 0 Å². The van der Waals surface area contributed by atoms with Gasteiger partial charge in [0.15, 0.2) is 12.5 Å². The van der Waals surface area contributed by atoms with Gasteiger partial charge in [-0.3, -0.25) is 13.8 Å². The van der Waals surface area contributed by atoms with Crippen molar-refractivity contribution >= 4 is 21.6 Å². The Labute approximate surface area is 814 Å². The lowest BCUT2D eigenvalue weighted by Crippen LogP contribution is -2.67. The number of halogens is 1. The van der Waals surface area contributed by atoms with Crippen LogP contribution in [-0.4, -0.2) is 122 Å². The molecule has 2 heterocycles. The molecule has 0 bridgehead atoms. The molecule has 0 spiro atoms. The van der Waals surface area contributed by atoms with Gasteiger partial charge in [-0.15, -0.1) is 0 Å². The average Bonchev–Trinajstić information content (AvgIpc) is 0.776. The number of alkyl halides is 1. The van der Waals surface area contributed by atoms with Crippen LogP contribution in [0.2, 0.25) is 0 Å². The van der Waals surface area contributed by atoms with Crippen LogP contribution in [-0.2, 0) is 41.5 Å². The van der Waals surface area contributed by atoms with Crippen LogP contribution < -0.4 is 5.32 Å². The Morgan fingerprint density at radius 3 is 0.791 bits per heavy atom. The van der Waals surface area contributed by atoms with Crippen molar-refractivity contribution < 1.29 is 81.2 Å². The van der Waals surface area contributed by atoms with Crippen LogP contribution in [0.4, 0.5) is 4.39 Å². The first-order valence-corrected chi connectivity index (χ1v) is 53.8. The Balaban J connectivity index is 1.56. The number of rotatable bonds is 70. The summed E-state index contributed by atoms with van der Waals surface area (Å²) in [6, 6.07) is -1.51. The van der Waals surface area contributed by atoms with Crippen LogP contribution in [0.5, 0.6) is 0 Å². The summed E-state index contributed by atoms with van der Waals surface area (Å²) in [4.78, 5) is 32.5. The molecule has 0 aliphatic carbocycles. The van der Waals surface area contributed by atoms with Gasteiger partial charge in [-0.1, -0.05) is 228 Å². The highest BCUT2D eigenvalue weighted by atomic mass is 31.3. The molecule has 0 aromatic heterocycles. The van der Waals surface area contributed by atoms with Crippen molar-refractivity contribution in [3.05, 3.63) is 221 Å². The third-order valence-electron chi connectivity index (χ3n) is 25.4. The molecule has 2 aliphatic heterocycles. The highest BCUT2D eigenvalue weighted by Gasteiger charge is 2.54. The maximum Gasteiger partial charge on any atom is 0.483 e. The van der Waals surface area contributed by atoms with Gasteiger partial charge in [0.1, 0.15) is 42.7 Å². The van der Waals surface area contributed by atoms with E-state index >= 15 is 4.39 Å². The largest absolute Gasteiger partial charge is 0.483 e. The predicted molar refractivity (Wildman–Crippen MR) is 561 cm³/mol. The molecule has 0 radical (unpaired) electrons. The molecule has 0 aromatic carbocycles. The SMILES string of the molecule is CC(=O)N[C@H]1[C@H](O[C@H]2[C@H](O)[C@@H](F)[C@@H](OP(=O)(O)OP(=O)(O)OCC[C@@H](C)CC/C=C(/C)CC/C=C(/C)CC/C=C(/C)CC/C=C(/C)CC/C=C(/C)CC/C=C(/C)CC/C=C(/C)CC/C=C(/C)CC/C=C(/C)CC/C=C(/C)CC/C=C(/C)CC/C=C(/C)CC/C=C(/C)CC/C=C(/C)CC/C=C(/C)CC/C=C(/C)CC/C=C(\C)CC/C=C(\C)CCC=C(C)C)O[C@@H]2CO)O[C@H](CO)[C@@H](O)[C@@H]1O. The van der Waals surface area contributed by atoms with Crippen LogP contribution in [0, 0.1) is 5.92 Å². The summed E-state index contributed by atoms with van der Waals surface area (Å²) in [7, 11) is -10.9. The van der Waals surface area contributed by atoms with Gasteiger partial charge < -0.3 is 54.8 Å². The van der Waals surface area contributed by atoms with Gasteiger partial charge in [-0.2, -0.15) is 4.31 Å². The number of aliphatic hydroxyl groups excluding tert-OH is 5. The van der Waals surface area contributed by atoms with Gasteiger partial charge in [0.25, 0.3) is 0 Å². The first-order valence-electron chi connectivity index (χ1n) is 50.8. The number of ether oxygens (including phenoxy) is 3. The van der Waals surface area contributed by atoms with Crippen molar-refractivity contribution in [3.8, 4) is 0 Å². The quantitative estimate of drug-likeness (QED) is 0.0208. The minimum absolute atomic E-state index is 0.0252. The second-order valence-corrected chi connectivity index (χ2v) is 42.5. The molecule has 17 nitrogen and oxygen atoms in total. The van der Waals surface area contributed by atoms with Crippen LogP contribution in [0.3, 0.4) is 0 Å². The Morgan fingerprint density at radius 1 is 0.328 bits per heavy atom. The van der Waals surface area contributed by atoms with Crippen molar-refractivity contribution in [2.45, 2.75) is 464 Å². The van der Waals surface area contributed by atoms with E-state index in [-0.39, 0.29) is 12.5 Å². The normalized spacial score (nSPS) is 22.5. The molecule has 2 rings (SSSR count). The minimum atomic E-state index is -5.66. The Morgan fingerprint density at radius 2 is 0.560 bits per heavy atom. The molecule has 2 saturated heterocycles. The zero-order valence-corrected chi connectivity index (χ0v) is 89.4. The van der Waals surface area contributed by atoms with Gasteiger partial charge in [0.05, 0.1) is 19.8 Å². The summed E-state index contributed by atoms with van der Waals surface area (Å²) in [5.41, 5.74) is 28.0. The van der Waals surface area contributed by atoms with E-state index in [9.17, 15) is 49.2 Å². The molecule has 1 amide bonds. The van der Waals surface area contributed by atoms with Crippen molar-refractivity contribution in [1.29, 1.82) is 0 Å². The number of amides is 1. The third-order valence-corrected chi connectivity index (χ3v) is 28.0. The second kappa shape index (κ2) is 72.6. The van der Waals surface area contributed by atoms with Gasteiger partial charge in [-0.05, 0) is 395 Å². The first-order chi connectivity index (χ1) is 63.5. The number of phosphoric acid groups is 2. The van der Waals surface area contributed by atoms with E-state index in [0.717, 1.165) is 232 Å². The second-order valence-electron chi connectivity index (χ2n) is 39.5. The Kier molecular flexibility index (Phi) is 67.5. The summed E-state index contributed by atoms with van der Waals surface area (Å²) in [5.74, 6) is -0.676. The van der Waals surface area contributed by atoms with Gasteiger partial charge in [-0.25, -0.2) is 13.5 Å². The minimum Gasteiger partial charge on any atom is -0.394 e. The van der Waals surface area contributed by atoms with Crippen LogP contribution in [0.25, 0.3) is 0 Å². The highest BCUT2D eigenvalue weighted by Crippen LogP contribution is 2.61. The molecule has 2 unspecified atom stereocenters. The van der Waals surface area contributed by atoms with Gasteiger partial charge >= 0.3 is 15.6 Å². The Hall–Kier alpha value is -5.60. The van der Waals surface area contributed by atoms with E-state index in [1.807, 2.05) is 6.92 Å². The lowest BCUT2D eigenvalue weighted by molar-refractivity contribution is -0.332. The predicted octanol–water partition coefficient (Wildman–Crippen LogP) is 30.8. The maximum absolute atomic E-state index is 15.6. The number of nitrogens with one attached hydrogen (secondary N) is 1. The topological polar surface area (TPSA) is 260 Å². The fourth-order valence-electron chi connectivity index (χ4n) is 16.2. The van der Waals surface area contributed by atoms with Gasteiger partial charge in [0.2, 0.25) is 12.2 Å². The number of aliphatic hydroxyl groups is 5. The molecule has 20 heteroatoms. The zero-order valence-electron chi connectivity index (χ0n) is 87.6. The Bertz CT molecular complexity index is 4140. The maximum atomic E-state index is 15.6. The summed E-state index contributed by atoms with van der Waals surface area (Å²) >= 11 is 0. The fraction of sp³-hybridized carbons (Fsp3) is 0.658. The van der Waals surface area contributed by atoms with Crippen molar-refractivity contribution in [1.82, 2.24) is 5.32 Å². The summed E-state index contributed by atoms with van der Waals surface area (Å²) < 4.78 is 71.5. The van der Waals surface area contributed by atoms with Crippen LogP contribution in [0.15, 0.2) is 221 Å². The van der Waals surface area contributed by atoms with Crippen LogP contribution >= 0.6 is 15.6 Å². The lowest BCUT2D eigenvalue weighted by atomic mass is 9.95. The standard InChI is InChI=1S/C114H188FNO16P2/c1-84(2)42-23-43-85(3)44-24-45-86(4)46-25-47-87(5)48-26-49-88(6)50-27-51-89(7)52-28-53-90(8)54-29-55-91(9)56-30-57-92(10)58-31-59-93(11)60-32-61-94(12)62-33-63-95(13)64-34-65-96(14)66-35-67-97(15)68-36-69-98(16)70-37-71-99(17)72-38-73-100(18)74-39-75-101(19)76-40-77-102(20)78-41-79-103(21)80-81-127-133(123,124)132-134(125,126)131-113-107(115)110(121)112(106(83-118)129-113)130-114-108(116-104(22)119)111(122)109(120)105(82-117)128-114/h42,44,46,48,50,52,54,56,58,60,62,64,66,68,70,72,74,76,78,103,105-114,117-118,120-122H,23-41,43,45,47,49,51,53,55,57,59,61,63,65,67,69,71,73,75,77,79-83H2,1-22H3,(H,116,119)(H,123,124)(H,125,126)/b85-44+,86-46+,87-48-,88-50-,89-52-,90-54-,91-56-,92-58-,93-60-,94-62-,95-64-,96-66-,97-68-,98-70-,99-72-,100-74-,101-76-,102-78-/t103-,105+,106+,107+,108+,109+,110+,111+,112+,113+,114-/m0/s1. The van der Waals surface area contributed by atoms with Crippen LogP contribution in [0.1, 0.15) is 403 Å². The average molecular weight is 1910 g/mol. The number of carbonyl (C=O) groups excluding carboxylic acids is 1. The van der Waals surface area contributed by atoms with E-state index in [2.05, 4.69) is 264 Å². The van der Waals surface area contributed by atoms with Crippen molar-refractivity contribution in [2.24, 2.45) is 5.92 Å². The zero-order chi connectivity index (χ0) is 100.0. The number of hydrogen-bond donors (Lipinski definition) is 8. The molecule has 0 saturated carbocycles.